The van der Waals surface area contributed by atoms with E-state index in [9.17, 15) is 8.78 Å². The Kier molecular flexibility index (Phi) is 3.74. The number of hydrogen-bond acceptors (Lipinski definition) is 3. The van der Waals surface area contributed by atoms with Gasteiger partial charge in [0.25, 0.3) is 6.43 Å². The lowest BCUT2D eigenvalue weighted by atomic mass is 10.3. The van der Waals surface area contributed by atoms with Gasteiger partial charge in [0.05, 0.1) is 12.6 Å². The van der Waals surface area contributed by atoms with E-state index in [0.29, 0.717) is 0 Å². The van der Waals surface area contributed by atoms with Crippen LogP contribution in [0.4, 0.5) is 8.78 Å². The maximum Gasteiger partial charge on any atom is 0.250 e. The van der Waals surface area contributed by atoms with Crippen molar-refractivity contribution in [3.8, 4) is 0 Å². The SMILES string of the molecule is Cc1csc(C(C)NCC(F)F)n1. The third-order valence-electron chi connectivity index (χ3n) is 1.59. The van der Waals surface area contributed by atoms with Crippen LogP contribution in [0, 0.1) is 6.92 Å². The zero-order valence-electron chi connectivity index (χ0n) is 7.55. The van der Waals surface area contributed by atoms with Crippen LogP contribution in [0.15, 0.2) is 5.38 Å². The highest BCUT2D eigenvalue weighted by Gasteiger charge is 2.10. The molecule has 0 saturated carbocycles. The summed E-state index contributed by atoms with van der Waals surface area (Å²) in [6.07, 6.45) is -2.30. The Hall–Kier alpha value is -0.550. The van der Waals surface area contributed by atoms with Gasteiger partial charge in [0, 0.05) is 11.1 Å². The Bertz CT molecular complexity index is 262. The van der Waals surface area contributed by atoms with Gasteiger partial charge >= 0.3 is 0 Å². The zero-order chi connectivity index (χ0) is 9.84. The summed E-state index contributed by atoms with van der Waals surface area (Å²) in [4.78, 5) is 4.20. The van der Waals surface area contributed by atoms with Crippen molar-refractivity contribution in [2.75, 3.05) is 6.54 Å². The van der Waals surface area contributed by atoms with E-state index in [0.717, 1.165) is 10.7 Å². The van der Waals surface area contributed by atoms with Crippen LogP contribution < -0.4 is 5.32 Å². The van der Waals surface area contributed by atoms with Gasteiger partial charge in [-0.1, -0.05) is 0 Å². The molecule has 0 saturated heterocycles. The van der Waals surface area contributed by atoms with Crippen LogP contribution in [0.2, 0.25) is 0 Å². The zero-order valence-corrected chi connectivity index (χ0v) is 8.37. The second-order valence-corrected chi connectivity index (χ2v) is 3.74. The summed E-state index contributed by atoms with van der Waals surface area (Å²) in [6, 6.07) is -0.0901. The van der Waals surface area contributed by atoms with Gasteiger partial charge in [-0.2, -0.15) is 0 Å². The maximum atomic E-state index is 11.8. The van der Waals surface area contributed by atoms with Crippen molar-refractivity contribution in [2.24, 2.45) is 0 Å². The summed E-state index contributed by atoms with van der Waals surface area (Å²) in [5.74, 6) is 0. The molecular formula is C8H12F2N2S. The Morgan fingerprint density at radius 1 is 1.62 bits per heavy atom. The number of aryl methyl sites for hydroxylation is 1. The van der Waals surface area contributed by atoms with Gasteiger partial charge in [-0.05, 0) is 13.8 Å². The fourth-order valence-corrected chi connectivity index (χ4v) is 1.75. The number of nitrogens with one attached hydrogen (secondary N) is 1. The molecule has 1 N–H and O–H groups in total. The van der Waals surface area contributed by atoms with E-state index in [1.807, 2.05) is 19.2 Å². The van der Waals surface area contributed by atoms with E-state index in [1.165, 1.54) is 11.3 Å². The lowest BCUT2D eigenvalue weighted by molar-refractivity contribution is 0.142. The average Bonchev–Trinajstić information content (AvgIpc) is 2.47. The lowest BCUT2D eigenvalue weighted by Gasteiger charge is -2.09. The summed E-state index contributed by atoms with van der Waals surface area (Å²) in [6.45, 7) is 3.44. The normalized spacial score (nSPS) is 13.6. The molecular weight excluding hydrogens is 194 g/mol. The fourth-order valence-electron chi connectivity index (χ4n) is 0.924. The van der Waals surface area contributed by atoms with E-state index >= 15 is 0 Å². The molecule has 5 heteroatoms. The third kappa shape index (κ3) is 3.36. The summed E-state index contributed by atoms with van der Waals surface area (Å²) in [7, 11) is 0. The Labute approximate surface area is 80.0 Å². The number of nitrogens with zero attached hydrogens (tertiary/aromatic N) is 1. The highest BCUT2D eigenvalue weighted by atomic mass is 32.1. The van der Waals surface area contributed by atoms with Gasteiger partial charge in [0.15, 0.2) is 0 Å². The second kappa shape index (κ2) is 4.62. The number of aromatic nitrogens is 1. The number of hydrogen-bond donors (Lipinski definition) is 1. The minimum absolute atomic E-state index is 0.0901. The predicted octanol–water partition coefficient (Wildman–Crippen LogP) is 2.37. The minimum atomic E-state index is -2.30. The summed E-state index contributed by atoms with van der Waals surface area (Å²) in [5.41, 5.74) is 0.936. The minimum Gasteiger partial charge on any atom is -0.303 e. The van der Waals surface area contributed by atoms with Crippen LogP contribution in [-0.4, -0.2) is 18.0 Å². The summed E-state index contributed by atoms with van der Waals surface area (Å²) in [5, 5.41) is 5.48. The lowest BCUT2D eigenvalue weighted by Crippen LogP contribution is -2.24. The van der Waals surface area contributed by atoms with Gasteiger partial charge < -0.3 is 5.32 Å². The molecule has 0 radical (unpaired) electrons. The maximum absolute atomic E-state index is 11.8. The molecule has 0 bridgehead atoms. The molecule has 1 aromatic heterocycles. The molecule has 1 unspecified atom stereocenters. The quantitative estimate of drug-likeness (QED) is 0.818. The Balaban J connectivity index is 2.44. The Morgan fingerprint density at radius 2 is 2.31 bits per heavy atom. The van der Waals surface area contributed by atoms with Gasteiger partial charge in [0.1, 0.15) is 5.01 Å². The average molecular weight is 206 g/mol. The van der Waals surface area contributed by atoms with Crippen LogP contribution in [0.5, 0.6) is 0 Å². The van der Waals surface area contributed by atoms with E-state index in [4.69, 9.17) is 0 Å². The van der Waals surface area contributed by atoms with Crippen LogP contribution in [0.3, 0.4) is 0 Å². The van der Waals surface area contributed by atoms with E-state index < -0.39 is 6.43 Å². The number of thiazole rings is 1. The molecule has 2 nitrogen and oxygen atoms in total. The smallest absolute Gasteiger partial charge is 0.250 e. The standard InChI is InChI=1S/C8H12F2N2S/c1-5-4-13-8(12-5)6(2)11-3-7(9)10/h4,6-7,11H,3H2,1-2H3. The van der Waals surface area contributed by atoms with Crippen molar-refractivity contribution >= 4 is 11.3 Å². The van der Waals surface area contributed by atoms with Gasteiger partial charge in [0.2, 0.25) is 0 Å². The molecule has 0 aliphatic carbocycles. The summed E-state index contributed by atoms with van der Waals surface area (Å²) < 4.78 is 23.7. The van der Waals surface area contributed by atoms with E-state index in [-0.39, 0.29) is 12.6 Å². The van der Waals surface area contributed by atoms with Gasteiger partial charge in [-0.25, -0.2) is 13.8 Å². The third-order valence-corrected chi connectivity index (χ3v) is 2.73. The highest BCUT2D eigenvalue weighted by molar-refractivity contribution is 7.09. The largest absolute Gasteiger partial charge is 0.303 e. The van der Waals surface area contributed by atoms with Crippen LogP contribution >= 0.6 is 11.3 Å². The molecule has 0 aromatic carbocycles. The molecule has 1 aromatic rings. The first-order chi connectivity index (χ1) is 6.09. The van der Waals surface area contributed by atoms with Crippen molar-refractivity contribution < 1.29 is 8.78 Å². The van der Waals surface area contributed by atoms with Crippen molar-refractivity contribution in [2.45, 2.75) is 26.3 Å². The first-order valence-electron chi connectivity index (χ1n) is 4.03. The topological polar surface area (TPSA) is 24.9 Å². The van der Waals surface area contributed by atoms with Crippen molar-refractivity contribution in [3.05, 3.63) is 16.1 Å². The Morgan fingerprint density at radius 3 is 2.77 bits per heavy atom. The van der Waals surface area contributed by atoms with Crippen molar-refractivity contribution in [1.29, 1.82) is 0 Å². The van der Waals surface area contributed by atoms with Crippen LogP contribution in [-0.2, 0) is 0 Å². The molecule has 74 valence electrons. The first kappa shape index (κ1) is 10.5. The second-order valence-electron chi connectivity index (χ2n) is 2.85. The number of rotatable bonds is 4. The van der Waals surface area contributed by atoms with Crippen LogP contribution in [0.25, 0.3) is 0 Å². The molecule has 0 spiro atoms. The molecule has 0 aliphatic heterocycles. The molecule has 1 atom stereocenters. The predicted molar refractivity (Wildman–Crippen MR) is 49.3 cm³/mol. The van der Waals surface area contributed by atoms with Gasteiger partial charge in [-0.3, -0.25) is 0 Å². The molecule has 0 amide bonds. The highest BCUT2D eigenvalue weighted by Crippen LogP contribution is 2.17. The summed E-state index contributed by atoms with van der Waals surface area (Å²) >= 11 is 1.49. The fraction of sp³-hybridized carbons (Fsp3) is 0.625. The molecule has 0 aliphatic rings. The van der Waals surface area contributed by atoms with Crippen molar-refractivity contribution in [3.63, 3.8) is 0 Å². The molecule has 0 fully saturated rings. The monoisotopic (exact) mass is 206 g/mol. The van der Waals surface area contributed by atoms with E-state index in [2.05, 4.69) is 10.3 Å². The number of halogens is 2. The molecule has 1 heterocycles. The van der Waals surface area contributed by atoms with Gasteiger partial charge in [-0.15, -0.1) is 11.3 Å². The van der Waals surface area contributed by atoms with Crippen molar-refractivity contribution in [1.82, 2.24) is 10.3 Å². The molecule has 13 heavy (non-hydrogen) atoms. The number of alkyl halides is 2. The molecule has 1 rings (SSSR count). The van der Waals surface area contributed by atoms with Crippen LogP contribution in [0.1, 0.15) is 23.7 Å². The van der Waals surface area contributed by atoms with E-state index in [1.54, 1.807) is 0 Å². The first-order valence-corrected chi connectivity index (χ1v) is 4.91.